The molecule has 0 unspecified atom stereocenters. The minimum Gasteiger partial charge on any atom is -0.454 e. The number of aliphatic imine (C=N–C) groups is 1. The standard InChI is InChI=1S/C26H31N3O.C5H12/c1-18-15-19(2)24(20(3)16-18)25(27)30-17-28-14-10-9-13-23-26(4,5)21-11-7-8-12-22(21)29(23)6;1-3-5-4-2/h7-16,27H,17H2,1-6H3;3-5H2,1-2H3/b10-9+,23-13-,27-25?,28-14-;. The van der Waals surface area contributed by atoms with Crippen molar-refractivity contribution in [3.05, 3.63) is 88.1 Å². The minimum atomic E-state index is -0.0330. The molecular weight excluding hydrogens is 430 g/mol. The highest BCUT2D eigenvalue weighted by Crippen LogP contribution is 2.46. The summed E-state index contributed by atoms with van der Waals surface area (Å²) in [7, 11) is 2.11. The van der Waals surface area contributed by atoms with Crippen molar-refractivity contribution < 1.29 is 4.74 Å². The van der Waals surface area contributed by atoms with Crippen molar-refractivity contribution in [2.24, 2.45) is 4.99 Å². The summed E-state index contributed by atoms with van der Waals surface area (Å²) in [5.74, 6) is 0.167. The molecule has 0 saturated heterocycles. The second kappa shape index (κ2) is 13.1. The summed E-state index contributed by atoms with van der Waals surface area (Å²) in [4.78, 5) is 6.50. The lowest BCUT2D eigenvalue weighted by atomic mass is 9.84. The lowest BCUT2D eigenvalue weighted by Gasteiger charge is -2.23. The van der Waals surface area contributed by atoms with Gasteiger partial charge in [-0.1, -0.05) is 88.9 Å². The Morgan fingerprint density at radius 1 is 1.03 bits per heavy atom. The quantitative estimate of drug-likeness (QED) is 0.327. The molecule has 0 aliphatic carbocycles. The van der Waals surface area contributed by atoms with E-state index in [4.69, 9.17) is 10.1 Å². The molecule has 2 aromatic rings. The fourth-order valence-corrected chi connectivity index (χ4v) is 4.67. The number of likely N-dealkylation sites (N-methyl/N-ethyl adjacent to an activating group) is 1. The van der Waals surface area contributed by atoms with Crippen molar-refractivity contribution in [1.82, 2.24) is 0 Å². The van der Waals surface area contributed by atoms with Crippen LogP contribution in [0.25, 0.3) is 0 Å². The molecule has 2 aromatic carbocycles. The third-order valence-electron chi connectivity index (χ3n) is 6.39. The second-order valence-electron chi connectivity index (χ2n) is 9.70. The van der Waals surface area contributed by atoms with Crippen LogP contribution in [-0.2, 0) is 10.2 Å². The van der Waals surface area contributed by atoms with Gasteiger partial charge in [0.05, 0.1) is 0 Å². The van der Waals surface area contributed by atoms with Gasteiger partial charge < -0.3 is 9.64 Å². The normalized spacial score (nSPS) is 15.4. The van der Waals surface area contributed by atoms with E-state index in [1.165, 1.54) is 41.8 Å². The Balaban J connectivity index is 0.000000784. The first-order chi connectivity index (χ1) is 16.6. The Morgan fingerprint density at radius 3 is 2.23 bits per heavy atom. The Morgan fingerprint density at radius 2 is 1.66 bits per heavy atom. The van der Waals surface area contributed by atoms with Gasteiger partial charge in [0.25, 0.3) is 0 Å². The monoisotopic (exact) mass is 473 g/mol. The molecular formula is C31H43N3O. The fourth-order valence-electron chi connectivity index (χ4n) is 4.67. The second-order valence-corrected chi connectivity index (χ2v) is 9.70. The molecule has 1 aliphatic rings. The van der Waals surface area contributed by atoms with Crippen molar-refractivity contribution in [3.63, 3.8) is 0 Å². The smallest absolute Gasteiger partial charge is 0.215 e. The van der Waals surface area contributed by atoms with E-state index in [9.17, 15) is 0 Å². The number of nitrogens with zero attached hydrogens (tertiary/aromatic N) is 2. The minimum absolute atomic E-state index is 0.0330. The largest absolute Gasteiger partial charge is 0.454 e. The average molecular weight is 474 g/mol. The van der Waals surface area contributed by atoms with Crippen LogP contribution < -0.4 is 4.90 Å². The Labute approximate surface area is 212 Å². The first-order valence-corrected chi connectivity index (χ1v) is 12.6. The van der Waals surface area contributed by atoms with Crippen LogP contribution in [0.2, 0.25) is 0 Å². The van der Waals surface area contributed by atoms with Crippen LogP contribution >= 0.6 is 0 Å². The van der Waals surface area contributed by atoms with E-state index in [-0.39, 0.29) is 18.0 Å². The van der Waals surface area contributed by atoms with Crippen LogP contribution in [0.1, 0.15) is 74.8 Å². The van der Waals surface area contributed by atoms with E-state index in [1.807, 2.05) is 26.0 Å². The Hall–Kier alpha value is -3.14. The molecule has 4 nitrogen and oxygen atoms in total. The average Bonchev–Trinajstić information content (AvgIpc) is 2.99. The van der Waals surface area contributed by atoms with Gasteiger partial charge in [0.1, 0.15) is 0 Å². The fraction of sp³-hybridized carbons (Fsp3) is 0.419. The molecule has 35 heavy (non-hydrogen) atoms. The number of rotatable bonds is 7. The van der Waals surface area contributed by atoms with E-state index < -0.39 is 0 Å². The van der Waals surface area contributed by atoms with Gasteiger partial charge in [-0.05, 0) is 55.7 Å². The van der Waals surface area contributed by atoms with Gasteiger partial charge in [0, 0.05) is 35.6 Å². The predicted octanol–water partition coefficient (Wildman–Crippen LogP) is 8.05. The third-order valence-corrected chi connectivity index (χ3v) is 6.39. The molecule has 0 aromatic heterocycles. The van der Waals surface area contributed by atoms with E-state index in [0.29, 0.717) is 0 Å². The first-order valence-electron chi connectivity index (χ1n) is 12.6. The molecule has 1 aliphatic heterocycles. The molecule has 0 bridgehead atoms. The summed E-state index contributed by atoms with van der Waals surface area (Å²) < 4.78 is 5.53. The number of nitrogens with one attached hydrogen (secondary N) is 1. The van der Waals surface area contributed by atoms with E-state index >= 15 is 0 Å². The maximum atomic E-state index is 8.21. The molecule has 0 spiro atoms. The van der Waals surface area contributed by atoms with Crippen LogP contribution in [-0.4, -0.2) is 25.9 Å². The Kier molecular flexibility index (Phi) is 10.5. The first kappa shape index (κ1) is 28.1. The van der Waals surface area contributed by atoms with Gasteiger partial charge in [0.2, 0.25) is 5.90 Å². The van der Waals surface area contributed by atoms with Gasteiger partial charge in [-0.25, -0.2) is 0 Å². The van der Waals surface area contributed by atoms with Crippen molar-refractivity contribution in [2.45, 2.75) is 73.1 Å². The van der Waals surface area contributed by atoms with Crippen LogP contribution in [0.4, 0.5) is 5.69 Å². The lowest BCUT2D eigenvalue weighted by molar-refractivity contribution is 0.317. The molecule has 1 heterocycles. The van der Waals surface area contributed by atoms with Crippen molar-refractivity contribution in [3.8, 4) is 0 Å². The zero-order valence-electron chi connectivity index (χ0n) is 22.9. The van der Waals surface area contributed by atoms with E-state index in [0.717, 1.165) is 16.7 Å². The maximum Gasteiger partial charge on any atom is 0.215 e. The highest BCUT2D eigenvalue weighted by atomic mass is 16.5. The van der Waals surface area contributed by atoms with Gasteiger partial charge in [-0.3, -0.25) is 10.4 Å². The summed E-state index contributed by atoms with van der Waals surface area (Å²) in [6.07, 6.45) is 11.8. The van der Waals surface area contributed by atoms with E-state index in [2.05, 4.69) is 94.0 Å². The zero-order chi connectivity index (χ0) is 26.0. The van der Waals surface area contributed by atoms with Gasteiger partial charge >= 0.3 is 0 Å². The summed E-state index contributed by atoms with van der Waals surface area (Å²) in [5, 5.41) is 8.21. The van der Waals surface area contributed by atoms with Crippen LogP contribution in [0, 0.1) is 26.2 Å². The molecule has 4 heteroatoms. The highest BCUT2D eigenvalue weighted by Gasteiger charge is 2.37. The number of hydrogen-bond acceptors (Lipinski definition) is 4. The molecule has 3 rings (SSSR count). The number of allylic oxidation sites excluding steroid dienone is 4. The molecule has 0 atom stereocenters. The van der Waals surface area contributed by atoms with Gasteiger partial charge in [0.15, 0.2) is 6.73 Å². The molecule has 0 saturated carbocycles. The Bertz CT molecular complexity index is 1070. The van der Waals surface area contributed by atoms with Gasteiger partial charge in [-0.15, -0.1) is 0 Å². The van der Waals surface area contributed by atoms with Gasteiger partial charge in [-0.2, -0.15) is 0 Å². The molecule has 0 fully saturated rings. The molecule has 188 valence electrons. The number of anilines is 1. The van der Waals surface area contributed by atoms with Crippen molar-refractivity contribution in [1.29, 1.82) is 5.41 Å². The number of ether oxygens (including phenoxy) is 1. The number of para-hydroxylation sites is 1. The maximum absolute atomic E-state index is 8.21. The van der Waals surface area contributed by atoms with Crippen molar-refractivity contribution in [2.75, 3.05) is 18.7 Å². The molecule has 1 N–H and O–H groups in total. The summed E-state index contributed by atoms with van der Waals surface area (Å²) in [6, 6.07) is 12.7. The number of aryl methyl sites for hydroxylation is 3. The summed E-state index contributed by atoms with van der Waals surface area (Å²) in [5.41, 5.74) is 7.96. The van der Waals surface area contributed by atoms with Crippen LogP contribution in [0.15, 0.2) is 65.3 Å². The number of hydrogen-bond donors (Lipinski definition) is 1. The number of benzene rings is 2. The van der Waals surface area contributed by atoms with Crippen molar-refractivity contribution >= 4 is 17.8 Å². The summed E-state index contributed by atoms with van der Waals surface area (Å²) in [6.45, 7) is 15.1. The number of fused-ring (bicyclic) bond motifs is 1. The topological polar surface area (TPSA) is 48.7 Å². The molecule has 0 amide bonds. The summed E-state index contributed by atoms with van der Waals surface area (Å²) >= 11 is 0. The lowest BCUT2D eigenvalue weighted by Crippen LogP contribution is -2.22. The number of unbranched alkanes of at least 4 members (excludes halogenated alkanes) is 2. The third kappa shape index (κ3) is 7.17. The predicted molar refractivity (Wildman–Crippen MR) is 152 cm³/mol. The van der Waals surface area contributed by atoms with E-state index in [1.54, 1.807) is 6.21 Å². The molecule has 0 radical (unpaired) electrons. The SMILES string of the molecule is CCCCC.Cc1cc(C)c(C(=N)OC\N=C/C=C/C=C2\N(C)c3ccccc3C2(C)C)c(C)c1. The zero-order valence-corrected chi connectivity index (χ0v) is 22.9. The van der Waals surface area contributed by atoms with Crippen LogP contribution in [0.5, 0.6) is 0 Å². The highest BCUT2D eigenvalue weighted by molar-refractivity contribution is 5.94. The van der Waals surface area contributed by atoms with Crippen LogP contribution in [0.3, 0.4) is 0 Å².